The minimum absolute atomic E-state index is 0.274. The summed E-state index contributed by atoms with van der Waals surface area (Å²) < 4.78 is 5.73. The largest absolute Gasteiger partial charge is 0.372 e. The first-order chi connectivity index (χ1) is 8.76. The summed E-state index contributed by atoms with van der Waals surface area (Å²) in [7, 11) is 0. The number of nitrogens with one attached hydrogen (secondary N) is 1. The molecule has 0 saturated carbocycles. The SMILES string of the molecule is CCCCCCC(C)OCc1cnc(NN)cn1. The third-order valence-electron chi connectivity index (χ3n) is 2.83. The molecule has 1 unspecified atom stereocenters. The van der Waals surface area contributed by atoms with Gasteiger partial charge in [-0.25, -0.2) is 10.8 Å². The third kappa shape index (κ3) is 5.93. The highest BCUT2D eigenvalue weighted by Crippen LogP contribution is 2.09. The van der Waals surface area contributed by atoms with Crippen molar-refractivity contribution in [2.75, 3.05) is 5.43 Å². The Labute approximate surface area is 109 Å². The van der Waals surface area contributed by atoms with Crippen molar-refractivity contribution in [3.8, 4) is 0 Å². The maximum atomic E-state index is 5.73. The number of anilines is 1. The lowest BCUT2D eigenvalue weighted by Crippen LogP contribution is -2.11. The summed E-state index contributed by atoms with van der Waals surface area (Å²) in [6.07, 6.45) is 9.77. The molecule has 1 atom stereocenters. The van der Waals surface area contributed by atoms with Crippen molar-refractivity contribution in [2.24, 2.45) is 5.84 Å². The van der Waals surface area contributed by atoms with Crippen LogP contribution in [-0.4, -0.2) is 16.1 Å². The zero-order valence-corrected chi connectivity index (χ0v) is 11.4. The van der Waals surface area contributed by atoms with Gasteiger partial charge in [0.1, 0.15) is 0 Å². The van der Waals surface area contributed by atoms with Gasteiger partial charge in [0.2, 0.25) is 0 Å². The maximum absolute atomic E-state index is 5.73. The number of aromatic nitrogens is 2. The molecule has 0 aliphatic rings. The van der Waals surface area contributed by atoms with Gasteiger partial charge < -0.3 is 10.2 Å². The Hall–Kier alpha value is -1.20. The van der Waals surface area contributed by atoms with E-state index in [-0.39, 0.29) is 6.10 Å². The molecule has 1 heterocycles. The summed E-state index contributed by atoms with van der Waals surface area (Å²) in [5.41, 5.74) is 3.27. The molecule has 5 heteroatoms. The highest BCUT2D eigenvalue weighted by Gasteiger charge is 2.03. The molecule has 0 aliphatic heterocycles. The number of hydrogen-bond donors (Lipinski definition) is 2. The van der Waals surface area contributed by atoms with Gasteiger partial charge in [-0.3, -0.25) is 4.98 Å². The van der Waals surface area contributed by atoms with Crippen molar-refractivity contribution >= 4 is 5.82 Å². The first kappa shape index (κ1) is 14.9. The minimum atomic E-state index is 0.274. The number of rotatable bonds is 9. The summed E-state index contributed by atoms with van der Waals surface area (Å²) in [6, 6.07) is 0. The summed E-state index contributed by atoms with van der Waals surface area (Å²) >= 11 is 0. The van der Waals surface area contributed by atoms with E-state index in [4.69, 9.17) is 10.6 Å². The standard InChI is InChI=1S/C13H24N4O/c1-3-4-5-6-7-11(2)18-10-12-8-16-13(17-14)9-15-12/h8-9,11H,3-7,10,14H2,1-2H3,(H,16,17). The normalized spacial score (nSPS) is 12.4. The van der Waals surface area contributed by atoms with Gasteiger partial charge in [-0.05, 0) is 13.3 Å². The molecule has 1 aromatic heterocycles. The lowest BCUT2D eigenvalue weighted by molar-refractivity contribution is 0.0438. The molecular formula is C13H24N4O. The lowest BCUT2D eigenvalue weighted by atomic mass is 10.1. The summed E-state index contributed by atoms with van der Waals surface area (Å²) in [5, 5.41) is 0. The third-order valence-corrected chi connectivity index (χ3v) is 2.83. The van der Waals surface area contributed by atoms with E-state index in [9.17, 15) is 0 Å². The van der Waals surface area contributed by atoms with E-state index in [0.29, 0.717) is 12.4 Å². The quantitative estimate of drug-likeness (QED) is 0.401. The Morgan fingerprint density at radius 3 is 2.72 bits per heavy atom. The number of nitrogens with two attached hydrogens (primary N) is 1. The zero-order chi connectivity index (χ0) is 13.2. The molecule has 0 amide bonds. The average Bonchev–Trinajstić information content (AvgIpc) is 2.42. The van der Waals surface area contributed by atoms with Crippen molar-refractivity contribution in [1.82, 2.24) is 9.97 Å². The molecule has 3 N–H and O–H groups in total. The van der Waals surface area contributed by atoms with E-state index >= 15 is 0 Å². The van der Waals surface area contributed by atoms with Gasteiger partial charge in [-0.15, -0.1) is 0 Å². The van der Waals surface area contributed by atoms with Crippen LogP contribution in [0.1, 0.15) is 51.6 Å². The highest BCUT2D eigenvalue weighted by atomic mass is 16.5. The Morgan fingerprint density at radius 2 is 2.11 bits per heavy atom. The average molecular weight is 252 g/mol. The topological polar surface area (TPSA) is 73.1 Å². The van der Waals surface area contributed by atoms with E-state index in [1.54, 1.807) is 12.4 Å². The molecule has 1 aromatic rings. The fourth-order valence-corrected chi connectivity index (χ4v) is 1.67. The van der Waals surface area contributed by atoms with Crippen LogP contribution >= 0.6 is 0 Å². The lowest BCUT2D eigenvalue weighted by Gasteiger charge is -2.12. The Bertz CT molecular complexity index is 315. The van der Waals surface area contributed by atoms with Crippen LogP contribution in [0.5, 0.6) is 0 Å². The number of unbranched alkanes of at least 4 members (excludes halogenated alkanes) is 3. The molecule has 1 rings (SSSR count). The first-order valence-corrected chi connectivity index (χ1v) is 6.65. The number of nitrogens with zero attached hydrogens (tertiary/aromatic N) is 2. The van der Waals surface area contributed by atoms with Crippen molar-refractivity contribution in [3.05, 3.63) is 18.1 Å². The molecule has 0 aliphatic carbocycles. The van der Waals surface area contributed by atoms with Crippen LogP contribution in [0.4, 0.5) is 5.82 Å². The number of hydrazine groups is 1. The van der Waals surface area contributed by atoms with Gasteiger partial charge >= 0.3 is 0 Å². The summed E-state index contributed by atoms with van der Waals surface area (Å²) in [5.74, 6) is 5.78. The van der Waals surface area contributed by atoms with Crippen LogP contribution in [0, 0.1) is 0 Å². The molecule has 5 nitrogen and oxygen atoms in total. The number of hydrogen-bond acceptors (Lipinski definition) is 5. The highest BCUT2D eigenvalue weighted by molar-refractivity contribution is 5.28. The second-order valence-electron chi connectivity index (χ2n) is 4.51. The zero-order valence-electron chi connectivity index (χ0n) is 11.4. The van der Waals surface area contributed by atoms with Crippen molar-refractivity contribution in [1.29, 1.82) is 0 Å². The van der Waals surface area contributed by atoms with E-state index in [1.165, 1.54) is 25.7 Å². The monoisotopic (exact) mass is 252 g/mol. The van der Waals surface area contributed by atoms with Gasteiger partial charge in [0, 0.05) is 0 Å². The predicted molar refractivity (Wildman–Crippen MR) is 72.9 cm³/mol. The number of nitrogen functional groups attached to an aromatic ring is 1. The van der Waals surface area contributed by atoms with E-state index in [1.807, 2.05) is 0 Å². The Kier molecular flexibility index (Phi) is 7.29. The van der Waals surface area contributed by atoms with Gasteiger partial charge in [0.25, 0.3) is 0 Å². The second kappa shape index (κ2) is 8.83. The molecule has 0 radical (unpaired) electrons. The van der Waals surface area contributed by atoms with E-state index in [0.717, 1.165) is 12.1 Å². The fraction of sp³-hybridized carbons (Fsp3) is 0.692. The number of ether oxygens (including phenoxy) is 1. The first-order valence-electron chi connectivity index (χ1n) is 6.65. The predicted octanol–water partition coefficient (Wildman–Crippen LogP) is 2.64. The summed E-state index contributed by atoms with van der Waals surface area (Å²) in [6.45, 7) is 4.83. The fourth-order valence-electron chi connectivity index (χ4n) is 1.67. The summed E-state index contributed by atoms with van der Waals surface area (Å²) in [4.78, 5) is 8.28. The minimum Gasteiger partial charge on any atom is -0.372 e. The smallest absolute Gasteiger partial charge is 0.158 e. The van der Waals surface area contributed by atoms with Gasteiger partial charge in [0.15, 0.2) is 5.82 Å². The van der Waals surface area contributed by atoms with Crippen LogP contribution in [0.2, 0.25) is 0 Å². The van der Waals surface area contributed by atoms with Crippen molar-refractivity contribution in [3.63, 3.8) is 0 Å². The van der Waals surface area contributed by atoms with Gasteiger partial charge in [-0.1, -0.05) is 32.6 Å². The van der Waals surface area contributed by atoms with Crippen molar-refractivity contribution in [2.45, 2.75) is 58.7 Å². The van der Waals surface area contributed by atoms with E-state index in [2.05, 4.69) is 29.2 Å². The molecule has 0 aromatic carbocycles. The van der Waals surface area contributed by atoms with Gasteiger partial charge in [0.05, 0.1) is 30.8 Å². The maximum Gasteiger partial charge on any atom is 0.158 e. The van der Waals surface area contributed by atoms with Crippen LogP contribution in [0.15, 0.2) is 12.4 Å². The Balaban J connectivity index is 2.18. The molecule has 18 heavy (non-hydrogen) atoms. The molecule has 0 spiro atoms. The van der Waals surface area contributed by atoms with Crippen LogP contribution < -0.4 is 11.3 Å². The molecule has 0 saturated heterocycles. The van der Waals surface area contributed by atoms with Gasteiger partial charge in [-0.2, -0.15) is 0 Å². The van der Waals surface area contributed by atoms with Crippen LogP contribution in [0.3, 0.4) is 0 Å². The second-order valence-corrected chi connectivity index (χ2v) is 4.51. The van der Waals surface area contributed by atoms with Crippen LogP contribution in [0.25, 0.3) is 0 Å². The molecule has 0 fully saturated rings. The van der Waals surface area contributed by atoms with E-state index < -0.39 is 0 Å². The van der Waals surface area contributed by atoms with Crippen molar-refractivity contribution < 1.29 is 4.74 Å². The Morgan fingerprint density at radius 1 is 1.28 bits per heavy atom. The molecular weight excluding hydrogens is 228 g/mol. The van der Waals surface area contributed by atoms with Crippen LogP contribution in [-0.2, 0) is 11.3 Å². The molecule has 102 valence electrons. The molecule has 0 bridgehead atoms.